The van der Waals surface area contributed by atoms with Gasteiger partial charge in [0.2, 0.25) is 0 Å². The van der Waals surface area contributed by atoms with Crippen molar-refractivity contribution in [3.05, 3.63) is 24.0 Å². The minimum atomic E-state index is -0.0153. The van der Waals surface area contributed by atoms with Crippen LogP contribution in [0.2, 0.25) is 0 Å². The molecule has 2 heterocycles. The van der Waals surface area contributed by atoms with E-state index in [1.807, 2.05) is 12.1 Å². The highest BCUT2D eigenvalue weighted by Gasteiger charge is 2.30. The van der Waals surface area contributed by atoms with Gasteiger partial charge in [0.25, 0.3) is 0 Å². The number of pyridine rings is 1. The predicted molar refractivity (Wildman–Crippen MR) is 62.4 cm³/mol. The molecule has 0 radical (unpaired) electrons. The summed E-state index contributed by atoms with van der Waals surface area (Å²) >= 11 is 0. The summed E-state index contributed by atoms with van der Waals surface area (Å²) in [5, 5.41) is 9.08. The summed E-state index contributed by atoms with van der Waals surface area (Å²) in [5.74, 6) is 0. The normalized spacial score (nSPS) is 19.8. The fourth-order valence-corrected chi connectivity index (χ4v) is 2.06. The summed E-state index contributed by atoms with van der Waals surface area (Å²) < 4.78 is 5.49. The zero-order chi connectivity index (χ0) is 11.6. The number of hydrogen-bond acceptors (Lipinski definition) is 4. The molecule has 1 aromatic heterocycles. The molecule has 0 aliphatic carbocycles. The van der Waals surface area contributed by atoms with Gasteiger partial charge in [0.1, 0.15) is 0 Å². The van der Waals surface area contributed by atoms with Gasteiger partial charge in [-0.2, -0.15) is 0 Å². The van der Waals surface area contributed by atoms with Crippen molar-refractivity contribution in [3.63, 3.8) is 0 Å². The fourth-order valence-electron chi connectivity index (χ4n) is 2.06. The topological polar surface area (TPSA) is 45.6 Å². The summed E-state index contributed by atoms with van der Waals surface area (Å²) in [6, 6.07) is 3.92. The molecule has 1 aliphatic rings. The number of hydrogen-bond donors (Lipinski definition) is 1. The van der Waals surface area contributed by atoms with Gasteiger partial charge in [0.05, 0.1) is 31.1 Å². The first-order valence-electron chi connectivity index (χ1n) is 5.55. The molecule has 1 N–H and O–H groups in total. The molecule has 1 aromatic rings. The number of aliphatic hydroxyl groups is 1. The van der Waals surface area contributed by atoms with Gasteiger partial charge in [-0.1, -0.05) is 0 Å². The van der Waals surface area contributed by atoms with E-state index in [-0.39, 0.29) is 12.1 Å². The van der Waals surface area contributed by atoms with E-state index in [2.05, 4.69) is 23.7 Å². The third-order valence-corrected chi connectivity index (χ3v) is 2.92. The van der Waals surface area contributed by atoms with Crippen LogP contribution in [0.3, 0.4) is 0 Å². The maximum Gasteiger partial charge on any atom is 0.0853 e. The zero-order valence-corrected chi connectivity index (χ0v) is 9.81. The van der Waals surface area contributed by atoms with E-state index in [1.165, 1.54) is 0 Å². The number of morpholine rings is 1. The molecule has 1 aliphatic heterocycles. The average molecular weight is 222 g/mol. The third kappa shape index (κ3) is 2.18. The van der Waals surface area contributed by atoms with Gasteiger partial charge < -0.3 is 14.7 Å². The minimum Gasteiger partial charge on any atom is -0.390 e. The lowest BCUT2D eigenvalue weighted by atomic mass is 10.0. The van der Waals surface area contributed by atoms with Crippen molar-refractivity contribution in [3.8, 4) is 0 Å². The van der Waals surface area contributed by atoms with Crippen LogP contribution in [-0.4, -0.2) is 35.4 Å². The first-order chi connectivity index (χ1) is 7.63. The van der Waals surface area contributed by atoms with Crippen molar-refractivity contribution in [1.29, 1.82) is 0 Å². The Morgan fingerprint density at radius 3 is 3.06 bits per heavy atom. The monoisotopic (exact) mass is 222 g/mol. The van der Waals surface area contributed by atoms with E-state index in [1.54, 1.807) is 6.20 Å². The third-order valence-electron chi connectivity index (χ3n) is 2.92. The van der Waals surface area contributed by atoms with Crippen LogP contribution in [-0.2, 0) is 11.3 Å². The maximum atomic E-state index is 9.08. The van der Waals surface area contributed by atoms with Gasteiger partial charge in [0.15, 0.2) is 0 Å². The molecule has 4 nitrogen and oxygen atoms in total. The van der Waals surface area contributed by atoms with Crippen molar-refractivity contribution < 1.29 is 9.84 Å². The molecule has 0 aromatic carbocycles. The Morgan fingerprint density at radius 1 is 1.56 bits per heavy atom. The SMILES string of the molecule is CC1(C)COCCN1c1ccnc(CO)c1. The average Bonchev–Trinajstić information content (AvgIpc) is 2.28. The Labute approximate surface area is 95.9 Å². The van der Waals surface area contributed by atoms with Gasteiger partial charge in [-0.15, -0.1) is 0 Å². The van der Waals surface area contributed by atoms with Crippen molar-refractivity contribution in [2.24, 2.45) is 0 Å². The van der Waals surface area contributed by atoms with Crippen LogP contribution in [0.1, 0.15) is 19.5 Å². The largest absolute Gasteiger partial charge is 0.390 e. The second kappa shape index (κ2) is 4.39. The maximum absolute atomic E-state index is 9.08. The smallest absolute Gasteiger partial charge is 0.0853 e. The Morgan fingerprint density at radius 2 is 2.38 bits per heavy atom. The first kappa shape index (κ1) is 11.4. The molecular weight excluding hydrogens is 204 g/mol. The Bertz CT molecular complexity index is 366. The molecule has 4 heteroatoms. The zero-order valence-electron chi connectivity index (χ0n) is 9.81. The molecule has 0 unspecified atom stereocenters. The summed E-state index contributed by atoms with van der Waals surface area (Å²) in [7, 11) is 0. The quantitative estimate of drug-likeness (QED) is 0.816. The Kier molecular flexibility index (Phi) is 3.12. The van der Waals surface area contributed by atoms with E-state index in [0.717, 1.165) is 25.4 Å². The lowest BCUT2D eigenvalue weighted by molar-refractivity contribution is 0.0644. The highest BCUT2D eigenvalue weighted by molar-refractivity contribution is 5.49. The lowest BCUT2D eigenvalue weighted by Crippen LogP contribution is -2.53. The molecule has 0 saturated carbocycles. The van der Waals surface area contributed by atoms with Gasteiger partial charge in [-0.25, -0.2) is 0 Å². The number of nitrogens with zero attached hydrogens (tertiary/aromatic N) is 2. The van der Waals surface area contributed by atoms with Crippen molar-refractivity contribution in [2.75, 3.05) is 24.7 Å². The molecule has 0 amide bonds. The highest BCUT2D eigenvalue weighted by Crippen LogP contribution is 2.26. The molecule has 0 atom stereocenters. The standard InChI is InChI=1S/C12H18N2O2/c1-12(2)9-16-6-5-14(12)11-3-4-13-10(7-11)8-15/h3-4,7,15H,5-6,8-9H2,1-2H3. The molecule has 2 rings (SSSR count). The number of aromatic nitrogens is 1. The minimum absolute atomic E-state index is 0.00761. The van der Waals surface area contributed by atoms with Crippen LogP contribution in [0.25, 0.3) is 0 Å². The van der Waals surface area contributed by atoms with Gasteiger partial charge in [0, 0.05) is 18.4 Å². The summed E-state index contributed by atoms with van der Waals surface area (Å²) in [5.41, 5.74) is 1.80. The summed E-state index contributed by atoms with van der Waals surface area (Å²) in [6.45, 7) is 6.65. The van der Waals surface area contributed by atoms with Crippen molar-refractivity contribution >= 4 is 5.69 Å². The van der Waals surface area contributed by atoms with E-state index in [0.29, 0.717) is 5.69 Å². The van der Waals surface area contributed by atoms with E-state index >= 15 is 0 Å². The molecule has 1 saturated heterocycles. The fraction of sp³-hybridized carbons (Fsp3) is 0.583. The predicted octanol–water partition coefficient (Wildman–Crippen LogP) is 1.19. The van der Waals surface area contributed by atoms with E-state index in [4.69, 9.17) is 9.84 Å². The van der Waals surface area contributed by atoms with Gasteiger partial charge >= 0.3 is 0 Å². The number of aliphatic hydroxyl groups excluding tert-OH is 1. The summed E-state index contributed by atoms with van der Waals surface area (Å²) in [6.07, 6.45) is 1.74. The van der Waals surface area contributed by atoms with Gasteiger partial charge in [-0.05, 0) is 26.0 Å². The lowest BCUT2D eigenvalue weighted by Gasteiger charge is -2.43. The van der Waals surface area contributed by atoms with Crippen molar-refractivity contribution in [1.82, 2.24) is 4.98 Å². The van der Waals surface area contributed by atoms with Gasteiger partial charge in [-0.3, -0.25) is 4.98 Å². The van der Waals surface area contributed by atoms with Crippen LogP contribution in [0.5, 0.6) is 0 Å². The molecule has 0 bridgehead atoms. The van der Waals surface area contributed by atoms with Crippen LogP contribution < -0.4 is 4.90 Å². The number of anilines is 1. The van der Waals surface area contributed by atoms with Crippen LogP contribution in [0.4, 0.5) is 5.69 Å². The second-order valence-electron chi connectivity index (χ2n) is 4.68. The second-order valence-corrected chi connectivity index (χ2v) is 4.68. The van der Waals surface area contributed by atoms with Crippen LogP contribution >= 0.6 is 0 Å². The number of ether oxygens (including phenoxy) is 1. The first-order valence-corrected chi connectivity index (χ1v) is 5.55. The molecule has 16 heavy (non-hydrogen) atoms. The van der Waals surface area contributed by atoms with E-state index in [9.17, 15) is 0 Å². The van der Waals surface area contributed by atoms with Crippen LogP contribution in [0.15, 0.2) is 18.3 Å². The number of rotatable bonds is 2. The molecule has 88 valence electrons. The van der Waals surface area contributed by atoms with Crippen molar-refractivity contribution in [2.45, 2.75) is 26.0 Å². The highest BCUT2D eigenvalue weighted by atomic mass is 16.5. The summed E-state index contributed by atoms with van der Waals surface area (Å²) in [4.78, 5) is 6.40. The Balaban J connectivity index is 2.27. The Hall–Kier alpha value is -1.13. The molecule has 1 fully saturated rings. The van der Waals surface area contributed by atoms with Crippen LogP contribution in [0, 0.1) is 0 Å². The molecular formula is C12H18N2O2. The van der Waals surface area contributed by atoms with E-state index < -0.39 is 0 Å². The molecule has 0 spiro atoms.